The van der Waals surface area contributed by atoms with Gasteiger partial charge < -0.3 is 40.6 Å². The summed E-state index contributed by atoms with van der Waals surface area (Å²) in [6.45, 7) is 29.8. The molecule has 0 unspecified atom stereocenters. The van der Waals surface area contributed by atoms with Crippen LogP contribution in [0.2, 0.25) is 0 Å². The van der Waals surface area contributed by atoms with Gasteiger partial charge in [-0.3, -0.25) is 0 Å². The van der Waals surface area contributed by atoms with Gasteiger partial charge in [-0.05, 0) is 88.4 Å². The molecule has 8 bridgehead atoms. The van der Waals surface area contributed by atoms with Crippen molar-refractivity contribution in [3.8, 4) is 23.0 Å². The van der Waals surface area contributed by atoms with Crippen LogP contribution in [0.15, 0.2) is 48.5 Å². The monoisotopic (exact) mass is 823 g/mol. The minimum Gasteiger partial charge on any atom is -0.507 e. The van der Waals surface area contributed by atoms with Crippen LogP contribution in [0.3, 0.4) is 0 Å². The van der Waals surface area contributed by atoms with Crippen LogP contribution in [0.25, 0.3) is 0 Å². The molecule has 4 aromatic rings. The van der Waals surface area contributed by atoms with Crippen LogP contribution in [-0.4, -0.2) is 62.9 Å². The Hall–Kier alpha value is -4.08. The third-order valence-electron chi connectivity index (χ3n) is 11.5. The zero-order valence-corrected chi connectivity index (χ0v) is 38.8. The van der Waals surface area contributed by atoms with Crippen molar-refractivity contribution in [1.82, 2.24) is 0 Å². The van der Waals surface area contributed by atoms with E-state index in [2.05, 4.69) is 132 Å². The average molecular weight is 823 g/mol. The molecule has 0 saturated heterocycles. The van der Waals surface area contributed by atoms with Crippen molar-refractivity contribution in [2.75, 3.05) is 52.7 Å². The fourth-order valence-electron chi connectivity index (χ4n) is 7.79. The highest BCUT2D eigenvalue weighted by molar-refractivity contribution is 5.59. The quantitative estimate of drug-likeness (QED) is 0.0917. The van der Waals surface area contributed by atoms with Gasteiger partial charge in [0, 0.05) is 38.8 Å². The number of rotatable bonds is 12. The predicted octanol–water partition coefficient (Wildman–Crippen LogP) is 9.67. The van der Waals surface area contributed by atoms with Gasteiger partial charge in [-0.15, -0.1) is 0 Å². The number of phenolic OH excluding ortho intramolecular Hbond substituents is 2. The van der Waals surface area contributed by atoms with Crippen molar-refractivity contribution in [2.45, 2.75) is 130 Å². The van der Waals surface area contributed by atoms with Crippen LogP contribution >= 0.6 is 0 Å². The second-order valence-electron chi connectivity index (χ2n) is 20.7. The zero-order chi connectivity index (χ0) is 44.2. The summed E-state index contributed by atoms with van der Waals surface area (Å²) >= 11 is 0. The first-order valence-electron chi connectivity index (χ1n) is 21.9. The normalized spacial score (nSPS) is 13.7. The molecule has 328 valence electrons. The molecule has 0 radical (unpaired) electrons. The van der Waals surface area contributed by atoms with Gasteiger partial charge in [0.2, 0.25) is 0 Å². The highest BCUT2D eigenvalue weighted by atomic mass is 16.5. The fraction of sp³-hybridized carbons (Fsp3) is 0.538. The van der Waals surface area contributed by atoms with Crippen LogP contribution in [0.5, 0.6) is 23.0 Å². The van der Waals surface area contributed by atoms with E-state index in [9.17, 15) is 10.2 Å². The van der Waals surface area contributed by atoms with E-state index in [0.717, 1.165) is 78.3 Å². The zero-order valence-electron chi connectivity index (χ0n) is 38.8. The van der Waals surface area contributed by atoms with E-state index < -0.39 is 0 Å². The first-order valence-corrected chi connectivity index (χ1v) is 21.9. The van der Waals surface area contributed by atoms with Crippen molar-refractivity contribution in [1.29, 1.82) is 0 Å². The van der Waals surface area contributed by atoms with Gasteiger partial charge >= 0.3 is 0 Å². The summed E-state index contributed by atoms with van der Waals surface area (Å²) in [6, 6.07) is 17.6. The van der Waals surface area contributed by atoms with Gasteiger partial charge in [0.1, 0.15) is 36.2 Å². The minimum atomic E-state index is -0.195. The van der Waals surface area contributed by atoms with Gasteiger partial charge in [-0.2, -0.15) is 0 Å². The highest BCUT2D eigenvalue weighted by Gasteiger charge is 2.28. The molecule has 1 aliphatic carbocycles. The lowest BCUT2D eigenvalue weighted by atomic mass is 9.79. The molecule has 0 heterocycles. The van der Waals surface area contributed by atoms with E-state index >= 15 is 0 Å². The molecular weight excluding hydrogens is 749 g/mol. The molecule has 8 nitrogen and oxygen atoms in total. The number of benzene rings is 4. The second kappa shape index (κ2) is 18.9. The Bertz CT molecular complexity index is 1860. The van der Waals surface area contributed by atoms with Crippen LogP contribution in [0.1, 0.15) is 150 Å². The van der Waals surface area contributed by atoms with Crippen LogP contribution in [-0.2, 0) is 56.8 Å². The Balaban J connectivity index is 1.88. The summed E-state index contributed by atoms with van der Waals surface area (Å²) in [5.41, 5.74) is 22.5. The molecule has 8 heteroatoms. The van der Waals surface area contributed by atoms with Crippen LogP contribution < -0.4 is 20.9 Å². The van der Waals surface area contributed by atoms with Crippen molar-refractivity contribution in [2.24, 2.45) is 11.5 Å². The highest BCUT2D eigenvalue weighted by Crippen LogP contribution is 2.43. The number of fused-ring (bicyclic) bond motifs is 8. The number of hydrogen-bond donors (Lipinski definition) is 4. The Labute approximate surface area is 361 Å². The van der Waals surface area contributed by atoms with E-state index in [1.807, 2.05) is 0 Å². The van der Waals surface area contributed by atoms with E-state index in [4.69, 9.17) is 30.4 Å². The SMILES string of the molecule is CC(C)(C)c1cc2c(O)c(c1)Cc1cc(C(C)(C)C)cc(c1OCCOCCN)Cc1cc(C(C)(C)C)cc(c1O)Cc1cc(C(C)(C)C)cc(c1OCCOCCN)C2. The standard InChI is InChI=1S/C52H74N2O6/c1-49(2,3)41-25-33-21-37-29-43(51(7,8)9)31-39(47(37)59-19-17-57-15-13-53)23-35-27-42(50(4,5)6)28-36(46(35)56)24-40-32-44(52(10,11)12)30-38(22-34(26-41)45(33)55)48(40)60-20-18-58-16-14-54/h25-32,55-56H,13-24,53-54H2,1-12H3. The van der Waals surface area contributed by atoms with E-state index in [1.165, 1.54) is 0 Å². The number of ether oxygens (including phenoxy) is 4. The molecule has 60 heavy (non-hydrogen) atoms. The molecule has 0 atom stereocenters. The maximum atomic E-state index is 12.5. The smallest absolute Gasteiger partial charge is 0.126 e. The van der Waals surface area contributed by atoms with Gasteiger partial charge in [0.25, 0.3) is 0 Å². The summed E-state index contributed by atoms with van der Waals surface area (Å²) < 4.78 is 25.0. The molecule has 1 aliphatic rings. The lowest BCUT2D eigenvalue weighted by Crippen LogP contribution is -2.18. The molecule has 0 fully saturated rings. The molecule has 0 spiro atoms. The number of hydrogen-bond acceptors (Lipinski definition) is 8. The number of nitrogens with two attached hydrogens (primary N) is 2. The van der Waals surface area contributed by atoms with Gasteiger partial charge in [-0.25, -0.2) is 0 Å². The lowest BCUT2D eigenvalue weighted by molar-refractivity contribution is 0.105. The molecule has 0 amide bonds. The third kappa shape index (κ3) is 11.6. The Kier molecular flexibility index (Phi) is 14.8. The molecule has 6 N–H and O–H groups in total. The maximum absolute atomic E-state index is 12.5. The summed E-state index contributed by atoms with van der Waals surface area (Å²) in [7, 11) is 0. The average Bonchev–Trinajstić information content (AvgIpc) is 3.13. The third-order valence-corrected chi connectivity index (χ3v) is 11.5. The minimum absolute atomic E-state index is 0.187. The first kappa shape index (κ1) is 47.0. The summed E-state index contributed by atoms with van der Waals surface area (Å²) in [6.07, 6.45) is 1.75. The molecule has 5 rings (SSSR count). The van der Waals surface area contributed by atoms with Gasteiger partial charge in [0.15, 0.2) is 0 Å². The lowest BCUT2D eigenvalue weighted by Gasteiger charge is -2.28. The van der Waals surface area contributed by atoms with E-state index in [1.54, 1.807) is 0 Å². The topological polar surface area (TPSA) is 129 Å². The predicted molar refractivity (Wildman–Crippen MR) is 246 cm³/mol. The van der Waals surface area contributed by atoms with Gasteiger partial charge in [-0.1, -0.05) is 132 Å². The van der Waals surface area contributed by atoms with Crippen molar-refractivity contribution >= 4 is 0 Å². The molecule has 0 aromatic heterocycles. The van der Waals surface area contributed by atoms with Crippen molar-refractivity contribution in [3.63, 3.8) is 0 Å². The molecule has 0 aliphatic heterocycles. The summed E-state index contributed by atoms with van der Waals surface area (Å²) in [5, 5.41) is 24.9. The first-order chi connectivity index (χ1) is 28.0. The maximum Gasteiger partial charge on any atom is 0.126 e. The van der Waals surface area contributed by atoms with Crippen molar-refractivity contribution in [3.05, 3.63) is 115 Å². The molecular formula is C52H74N2O6. The van der Waals surface area contributed by atoms with Gasteiger partial charge in [0.05, 0.1) is 26.4 Å². The summed E-state index contributed by atoms with van der Waals surface area (Å²) in [4.78, 5) is 0. The Morgan fingerprint density at radius 2 is 0.617 bits per heavy atom. The largest absolute Gasteiger partial charge is 0.507 e. The Morgan fingerprint density at radius 3 is 0.833 bits per heavy atom. The number of phenols is 2. The van der Waals surface area contributed by atoms with Crippen LogP contribution in [0, 0.1) is 0 Å². The fourth-order valence-corrected chi connectivity index (χ4v) is 7.79. The van der Waals surface area contributed by atoms with E-state index in [-0.39, 0.29) is 33.2 Å². The Morgan fingerprint density at radius 1 is 0.383 bits per heavy atom. The summed E-state index contributed by atoms with van der Waals surface area (Å²) in [5.74, 6) is 2.05. The molecule has 0 saturated carbocycles. The molecule has 4 aromatic carbocycles. The number of aromatic hydroxyl groups is 2. The van der Waals surface area contributed by atoms with Crippen LogP contribution in [0.4, 0.5) is 0 Å². The van der Waals surface area contributed by atoms with Crippen molar-refractivity contribution < 1.29 is 29.2 Å². The van der Waals surface area contributed by atoms with E-state index in [0.29, 0.717) is 78.4 Å². The second-order valence-corrected chi connectivity index (χ2v) is 20.7.